The van der Waals surface area contributed by atoms with Crippen LogP contribution in [0.1, 0.15) is 5.56 Å². The molecule has 0 amide bonds. The standard InChI is InChI=1S/C9H10N2O3S/c1-14-10-9(15-2)7-3-5-8(6-4-7)11(12)13/h3-6H,1-2H3/b10-9-. The summed E-state index contributed by atoms with van der Waals surface area (Å²) in [6, 6.07) is 6.17. The molecule has 0 aliphatic rings. The summed E-state index contributed by atoms with van der Waals surface area (Å²) in [6.45, 7) is 0. The molecule has 0 spiro atoms. The van der Waals surface area contributed by atoms with Crippen LogP contribution in [0.2, 0.25) is 0 Å². The second kappa shape index (κ2) is 5.35. The zero-order valence-electron chi connectivity index (χ0n) is 8.34. The Labute approximate surface area is 91.3 Å². The molecule has 1 aromatic carbocycles. The van der Waals surface area contributed by atoms with Crippen LogP contribution in [-0.2, 0) is 4.84 Å². The van der Waals surface area contributed by atoms with Crippen molar-refractivity contribution < 1.29 is 9.76 Å². The molecule has 1 aromatic rings. The molecule has 0 aliphatic carbocycles. The number of benzene rings is 1. The Hall–Kier alpha value is -1.56. The summed E-state index contributed by atoms with van der Waals surface area (Å²) in [7, 11) is 1.46. The van der Waals surface area contributed by atoms with Gasteiger partial charge in [-0.2, -0.15) is 0 Å². The lowest BCUT2D eigenvalue weighted by molar-refractivity contribution is -0.384. The maximum absolute atomic E-state index is 10.4. The van der Waals surface area contributed by atoms with Gasteiger partial charge in [-0.3, -0.25) is 10.1 Å². The fraction of sp³-hybridized carbons (Fsp3) is 0.222. The van der Waals surface area contributed by atoms with Gasteiger partial charge in [-0.1, -0.05) is 5.16 Å². The van der Waals surface area contributed by atoms with Crippen molar-refractivity contribution in [3.05, 3.63) is 39.9 Å². The van der Waals surface area contributed by atoms with Gasteiger partial charge < -0.3 is 4.84 Å². The van der Waals surface area contributed by atoms with E-state index < -0.39 is 4.92 Å². The number of non-ortho nitro benzene ring substituents is 1. The molecule has 0 aromatic heterocycles. The molecule has 0 fully saturated rings. The molecule has 0 saturated carbocycles. The molecule has 0 aliphatic heterocycles. The lowest BCUT2D eigenvalue weighted by Crippen LogP contribution is -1.96. The number of nitro groups is 1. The average Bonchev–Trinajstić information content (AvgIpc) is 2.26. The van der Waals surface area contributed by atoms with Gasteiger partial charge in [0.2, 0.25) is 0 Å². The van der Waals surface area contributed by atoms with Gasteiger partial charge in [0.1, 0.15) is 12.2 Å². The highest BCUT2D eigenvalue weighted by atomic mass is 32.2. The van der Waals surface area contributed by atoms with Crippen LogP contribution in [-0.4, -0.2) is 23.3 Å². The highest BCUT2D eigenvalue weighted by Gasteiger charge is 2.07. The zero-order valence-corrected chi connectivity index (χ0v) is 9.15. The number of rotatable bonds is 3. The summed E-state index contributed by atoms with van der Waals surface area (Å²) < 4.78 is 0. The topological polar surface area (TPSA) is 64.7 Å². The van der Waals surface area contributed by atoms with Gasteiger partial charge in [-0.05, 0) is 18.4 Å². The largest absolute Gasteiger partial charge is 0.398 e. The monoisotopic (exact) mass is 226 g/mol. The summed E-state index contributed by atoms with van der Waals surface area (Å²) in [4.78, 5) is 14.6. The first-order chi connectivity index (χ1) is 7.19. The quantitative estimate of drug-likeness (QED) is 0.343. The van der Waals surface area contributed by atoms with Crippen LogP contribution < -0.4 is 0 Å². The van der Waals surface area contributed by atoms with Gasteiger partial charge >= 0.3 is 0 Å². The van der Waals surface area contributed by atoms with Crippen LogP contribution in [0.25, 0.3) is 0 Å². The molecule has 0 unspecified atom stereocenters. The average molecular weight is 226 g/mol. The summed E-state index contributed by atoms with van der Waals surface area (Å²) in [5, 5.41) is 14.9. The number of thioether (sulfide) groups is 1. The first-order valence-corrected chi connectivity index (χ1v) is 5.31. The van der Waals surface area contributed by atoms with Gasteiger partial charge in [-0.25, -0.2) is 0 Å². The van der Waals surface area contributed by atoms with Crippen molar-refractivity contribution in [1.29, 1.82) is 0 Å². The van der Waals surface area contributed by atoms with E-state index in [1.165, 1.54) is 31.0 Å². The maximum Gasteiger partial charge on any atom is 0.269 e. The Balaban J connectivity index is 2.97. The lowest BCUT2D eigenvalue weighted by Gasteiger charge is -2.01. The summed E-state index contributed by atoms with van der Waals surface area (Å²) in [5.74, 6) is 0. The number of nitrogens with zero attached hydrogens (tertiary/aromatic N) is 2. The molecule has 0 saturated heterocycles. The summed E-state index contributed by atoms with van der Waals surface area (Å²) >= 11 is 1.42. The van der Waals surface area contributed by atoms with E-state index in [-0.39, 0.29) is 5.69 Å². The van der Waals surface area contributed by atoms with Crippen molar-refractivity contribution in [1.82, 2.24) is 0 Å². The normalized spacial score (nSPS) is 11.2. The number of oxime groups is 1. The smallest absolute Gasteiger partial charge is 0.269 e. The van der Waals surface area contributed by atoms with Crippen LogP contribution in [0.3, 0.4) is 0 Å². The van der Waals surface area contributed by atoms with Crippen LogP contribution in [0.4, 0.5) is 5.69 Å². The van der Waals surface area contributed by atoms with E-state index in [1.807, 2.05) is 6.26 Å². The van der Waals surface area contributed by atoms with Crippen LogP contribution in [0.15, 0.2) is 29.4 Å². The molecular weight excluding hydrogens is 216 g/mol. The molecule has 15 heavy (non-hydrogen) atoms. The van der Waals surface area contributed by atoms with Crippen molar-refractivity contribution in [2.24, 2.45) is 5.16 Å². The Bertz CT molecular complexity index is 375. The molecule has 6 heteroatoms. The number of nitro benzene ring substituents is 1. The minimum Gasteiger partial charge on any atom is -0.398 e. The van der Waals surface area contributed by atoms with E-state index >= 15 is 0 Å². The number of hydrogen-bond donors (Lipinski definition) is 0. The van der Waals surface area contributed by atoms with Gasteiger partial charge in [0.05, 0.1) is 4.92 Å². The highest BCUT2D eigenvalue weighted by molar-refractivity contribution is 8.13. The molecule has 0 heterocycles. The third-order valence-corrected chi connectivity index (χ3v) is 2.39. The van der Waals surface area contributed by atoms with Crippen molar-refractivity contribution >= 4 is 22.5 Å². The predicted molar refractivity (Wildman–Crippen MR) is 60.2 cm³/mol. The summed E-state index contributed by atoms with van der Waals surface area (Å²) in [5.41, 5.74) is 0.867. The molecule has 5 nitrogen and oxygen atoms in total. The Morgan fingerprint density at radius 3 is 2.47 bits per heavy atom. The molecule has 80 valence electrons. The Morgan fingerprint density at radius 1 is 1.47 bits per heavy atom. The van der Waals surface area contributed by atoms with E-state index in [1.54, 1.807) is 12.1 Å². The Morgan fingerprint density at radius 2 is 2.07 bits per heavy atom. The molecule has 0 N–H and O–H groups in total. The van der Waals surface area contributed by atoms with Gasteiger partial charge in [0.25, 0.3) is 5.69 Å². The van der Waals surface area contributed by atoms with Crippen molar-refractivity contribution in [3.8, 4) is 0 Å². The molecular formula is C9H10N2O3S. The second-order valence-electron chi connectivity index (χ2n) is 2.59. The van der Waals surface area contributed by atoms with Gasteiger partial charge in [0, 0.05) is 17.7 Å². The first-order valence-electron chi connectivity index (χ1n) is 4.09. The third kappa shape index (κ3) is 2.95. The third-order valence-electron chi connectivity index (χ3n) is 1.69. The lowest BCUT2D eigenvalue weighted by atomic mass is 10.2. The Kier molecular flexibility index (Phi) is 4.11. The van der Waals surface area contributed by atoms with Gasteiger partial charge in [0.15, 0.2) is 0 Å². The van der Waals surface area contributed by atoms with Crippen molar-refractivity contribution in [3.63, 3.8) is 0 Å². The van der Waals surface area contributed by atoms with Crippen molar-refractivity contribution in [2.45, 2.75) is 0 Å². The summed E-state index contributed by atoms with van der Waals surface area (Å²) in [6.07, 6.45) is 1.86. The van der Waals surface area contributed by atoms with E-state index in [0.29, 0.717) is 5.04 Å². The van der Waals surface area contributed by atoms with E-state index in [2.05, 4.69) is 9.99 Å². The molecule has 0 atom stereocenters. The zero-order chi connectivity index (χ0) is 11.3. The van der Waals surface area contributed by atoms with E-state index in [9.17, 15) is 10.1 Å². The van der Waals surface area contributed by atoms with Crippen LogP contribution in [0, 0.1) is 10.1 Å². The minimum absolute atomic E-state index is 0.0663. The van der Waals surface area contributed by atoms with E-state index in [0.717, 1.165) is 5.56 Å². The van der Waals surface area contributed by atoms with Gasteiger partial charge in [-0.15, -0.1) is 11.8 Å². The van der Waals surface area contributed by atoms with Crippen LogP contribution >= 0.6 is 11.8 Å². The van der Waals surface area contributed by atoms with E-state index in [4.69, 9.17) is 0 Å². The molecule has 0 bridgehead atoms. The molecule has 0 radical (unpaired) electrons. The predicted octanol–water partition coefficient (Wildman–Crippen LogP) is 2.27. The SMILES string of the molecule is CO/N=C(\SC)c1ccc([N+](=O)[O-])cc1. The van der Waals surface area contributed by atoms with Crippen LogP contribution in [0.5, 0.6) is 0 Å². The first kappa shape index (κ1) is 11.5. The second-order valence-corrected chi connectivity index (χ2v) is 3.38. The number of hydrogen-bond acceptors (Lipinski definition) is 5. The molecule has 1 rings (SSSR count). The maximum atomic E-state index is 10.4. The fourth-order valence-electron chi connectivity index (χ4n) is 1.02. The fourth-order valence-corrected chi connectivity index (χ4v) is 1.54. The minimum atomic E-state index is -0.435. The van der Waals surface area contributed by atoms with Crippen molar-refractivity contribution in [2.75, 3.05) is 13.4 Å². The highest BCUT2D eigenvalue weighted by Crippen LogP contribution is 2.16.